The number of nitrogens with zero attached hydrogens (tertiary/aromatic N) is 2. The van der Waals surface area contributed by atoms with Gasteiger partial charge in [0.15, 0.2) is 0 Å². The van der Waals surface area contributed by atoms with Gasteiger partial charge in [-0.1, -0.05) is 6.92 Å². The highest BCUT2D eigenvalue weighted by Gasteiger charge is 2.14. The molecular formula is C14H23N3O2. The highest BCUT2D eigenvalue weighted by molar-refractivity contribution is 5.08. The summed E-state index contributed by atoms with van der Waals surface area (Å²) in [4.78, 5) is 8.63. The molecule has 106 valence electrons. The first kappa shape index (κ1) is 14.2. The van der Waals surface area contributed by atoms with Crippen molar-refractivity contribution < 1.29 is 9.47 Å². The zero-order chi connectivity index (χ0) is 13.3. The summed E-state index contributed by atoms with van der Waals surface area (Å²) in [5.41, 5.74) is 0.929. The predicted octanol–water partition coefficient (Wildman–Crippen LogP) is 1.78. The fourth-order valence-corrected chi connectivity index (χ4v) is 2.05. The van der Waals surface area contributed by atoms with Crippen molar-refractivity contribution in [3.05, 3.63) is 18.1 Å². The van der Waals surface area contributed by atoms with Gasteiger partial charge in [-0.2, -0.15) is 0 Å². The molecule has 0 saturated carbocycles. The van der Waals surface area contributed by atoms with E-state index in [1.165, 1.54) is 0 Å². The van der Waals surface area contributed by atoms with Gasteiger partial charge in [-0.25, -0.2) is 4.98 Å². The molecule has 0 amide bonds. The first-order chi connectivity index (χ1) is 9.38. The lowest BCUT2D eigenvalue weighted by atomic mass is 10.0. The fourth-order valence-electron chi connectivity index (χ4n) is 2.05. The Labute approximate surface area is 114 Å². The van der Waals surface area contributed by atoms with Crippen LogP contribution in [-0.2, 0) is 11.3 Å². The van der Waals surface area contributed by atoms with Crippen molar-refractivity contribution in [1.29, 1.82) is 0 Å². The molecule has 0 bridgehead atoms. The van der Waals surface area contributed by atoms with E-state index in [0.717, 1.165) is 51.3 Å². The van der Waals surface area contributed by atoms with E-state index >= 15 is 0 Å². The summed E-state index contributed by atoms with van der Waals surface area (Å²) in [6, 6.07) is 0. The highest BCUT2D eigenvalue weighted by atomic mass is 16.5. The standard InChI is InChI=1S/C14H23N3O2/c1-2-5-15-8-13-9-16-10-14(17-13)19-11-12-3-6-18-7-4-12/h9-10,12,15H,2-8,11H2,1H3. The molecule has 1 aliphatic rings. The first-order valence-corrected chi connectivity index (χ1v) is 7.10. The van der Waals surface area contributed by atoms with Crippen LogP contribution in [0.4, 0.5) is 0 Å². The summed E-state index contributed by atoms with van der Waals surface area (Å²) >= 11 is 0. The zero-order valence-corrected chi connectivity index (χ0v) is 11.6. The number of aromatic nitrogens is 2. The fraction of sp³-hybridized carbons (Fsp3) is 0.714. The lowest BCUT2D eigenvalue weighted by Crippen LogP contribution is -2.22. The van der Waals surface area contributed by atoms with Gasteiger partial charge in [0.05, 0.1) is 18.5 Å². The minimum absolute atomic E-state index is 0.581. The van der Waals surface area contributed by atoms with Crippen molar-refractivity contribution in [2.45, 2.75) is 32.7 Å². The summed E-state index contributed by atoms with van der Waals surface area (Å²) in [7, 11) is 0. The van der Waals surface area contributed by atoms with Gasteiger partial charge in [0.1, 0.15) is 0 Å². The molecule has 1 aromatic heterocycles. The van der Waals surface area contributed by atoms with Crippen molar-refractivity contribution in [2.75, 3.05) is 26.4 Å². The monoisotopic (exact) mass is 265 g/mol. The Morgan fingerprint density at radius 2 is 2.21 bits per heavy atom. The van der Waals surface area contributed by atoms with E-state index in [1.54, 1.807) is 12.4 Å². The molecule has 1 aromatic rings. The Morgan fingerprint density at radius 3 is 3.00 bits per heavy atom. The Balaban J connectivity index is 1.77. The second-order valence-corrected chi connectivity index (χ2v) is 4.89. The maximum Gasteiger partial charge on any atom is 0.232 e. The van der Waals surface area contributed by atoms with Gasteiger partial charge in [-0.15, -0.1) is 0 Å². The second-order valence-electron chi connectivity index (χ2n) is 4.89. The van der Waals surface area contributed by atoms with Crippen LogP contribution in [-0.4, -0.2) is 36.3 Å². The van der Waals surface area contributed by atoms with Gasteiger partial charge in [-0.3, -0.25) is 4.98 Å². The van der Waals surface area contributed by atoms with Crippen LogP contribution in [0.25, 0.3) is 0 Å². The van der Waals surface area contributed by atoms with Crippen molar-refractivity contribution in [1.82, 2.24) is 15.3 Å². The minimum Gasteiger partial charge on any atom is -0.476 e. The molecule has 5 heteroatoms. The molecule has 1 N–H and O–H groups in total. The molecule has 1 aliphatic heterocycles. The van der Waals surface area contributed by atoms with Crippen molar-refractivity contribution in [2.24, 2.45) is 5.92 Å². The van der Waals surface area contributed by atoms with Gasteiger partial charge in [0.25, 0.3) is 0 Å². The largest absolute Gasteiger partial charge is 0.476 e. The van der Waals surface area contributed by atoms with E-state index in [-0.39, 0.29) is 0 Å². The van der Waals surface area contributed by atoms with E-state index in [9.17, 15) is 0 Å². The average molecular weight is 265 g/mol. The Hall–Kier alpha value is -1.20. The molecule has 2 rings (SSSR count). The first-order valence-electron chi connectivity index (χ1n) is 7.10. The molecule has 0 unspecified atom stereocenters. The third-order valence-corrected chi connectivity index (χ3v) is 3.20. The zero-order valence-electron chi connectivity index (χ0n) is 11.6. The van der Waals surface area contributed by atoms with Crippen molar-refractivity contribution in [3.8, 4) is 5.88 Å². The highest BCUT2D eigenvalue weighted by Crippen LogP contribution is 2.16. The van der Waals surface area contributed by atoms with Crippen LogP contribution < -0.4 is 10.1 Å². The quantitative estimate of drug-likeness (QED) is 0.762. The molecule has 0 aromatic carbocycles. The van der Waals surface area contributed by atoms with Gasteiger partial charge in [0, 0.05) is 26.0 Å². The Bertz CT molecular complexity index is 367. The van der Waals surface area contributed by atoms with E-state index in [1.807, 2.05) is 0 Å². The number of rotatable bonds is 7. The molecule has 0 aliphatic carbocycles. The summed E-state index contributed by atoms with van der Waals surface area (Å²) in [6.45, 7) is 6.29. The minimum atomic E-state index is 0.581. The lowest BCUT2D eigenvalue weighted by molar-refractivity contribution is 0.0489. The van der Waals surface area contributed by atoms with Crippen LogP contribution in [0.15, 0.2) is 12.4 Å². The third kappa shape index (κ3) is 5.12. The van der Waals surface area contributed by atoms with Crippen molar-refractivity contribution in [3.63, 3.8) is 0 Å². The summed E-state index contributed by atoms with van der Waals surface area (Å²) in [5, 5.41) is 3.31. The molecule has 0 radical (unpaired) electrons. The summed E-state index contributed by atoms with van der Waals surface area (Å²) in [5.74, 6) is 1.21. The average Bonchev–Trinajstić information content (AvgIpc) is 2.47. The third-order valence-electron chi connectivity index (χ3n) is 3.20. The Kier molecular flexibility index (Phi) is 6.04. The SMILES string of the molecule is CCCNCc1cncc(OCC2CCOCC2)n1. The predicted molar refractivity (Wildman–Crippen MR) is 73.1 cm³/mol. The van der Waals surface area contributed by atoms with Gasteiger partial charge < -0.3 is 14.8 Å². The van der Waals surface area contributed by atoms with Crippen LogP contribution >= 0.6 is 0 Å². The van der Waals surface area contributed by atoms with E-state index in [2.05, 4.69) is 22.2 Å². The maximum atomic E-state index is 5.74. The molecule has 5 nitrogen and oxygen atoms in total. The van der Waals surface area contributed by atoms with Gasteiger partial charge in [-0.05, 0) is 31.7 Å². The molecule has 1 fully saturated rings. The molecule has 19 heavy (non-hydrogen) atoms. The summed E-state index contributed by atoms with van der Waals surface area (Å²) < 4.78 is 11.1. The number of hydrogen-bond donors (Lipinski definition) is 1. The van der Waals surface area contributed by atoms with Gasteiger partial charge >= 0.3 is 0 Å². The normalized spacial score (nSPS) is 16.5. The smallest absolute Gasteiger partial charge is 0.232 e. The summed E-state index contributed by atoms with van der Waals surface area (Å²) in [6.07, 6.45) is 6.73. The van der Waals surface area contributed by atoms with E-state index in [0.29, 0.717) is 18.4 Å². The topological polar surface area (TPSA) is 56.3 Å². The van der Waals surface area contributed by atoms with Crippen molar-refractivity contribution >= 4 is 0 Å². The molecule has 0 spiro atoms. The van der Waals surface area contributed by atoms with Crippen LogP contribution in [0.5, 0.6) is 5.88 Å². The number of nitrogens with one attached hydrogen (secondary N) is 1. The van der Waals surface area contributed by atoms with Crippen LogP contribution in [0.1, 0.15) is 31.9 Å². The van der Waals surface area contributed by atoms with E-state index < -0.39 is 0 Å². The van der Waals surface area contributed by atoms with Crippen LogP contribution in [0.3, 0.4) is 0 Å². The van der Waals surface area contributed by atoms with Crippen LogP contribution in [0, 0.1) is 5.92 Å². The number of hydrogen-bond acceptors (Lipinski definition) is 5. The molecular weight excluding hydrogens is 242 g/mol. The lowest BCUT2D eigenvalue weighted by Gasteiger charge is -2.21. The molecule has 1 saturated heterocycles. The van der Waals surface area contributed by atoms with Gasteiger partial charge in [0.2, 0.25) is 5.88 Å². The Morgan fingerprint density at radius 1 is 1.37 bits per heavy atom. The van der Waals surface area contributed by atoms with Crippen LogP contribution in [0.2, 0.25) is 0 Å². The second kappa shape index (κ2) is 8.07. The molecule has 0 atom stereocenters. The maximum absolute atomic E-state index is 5.74. The van der Waals surface area contributed by atoms with E-state index in [4.69, 9.17) is 9.47 Å². The molecule has 2 heterocycles. The number of ether oxygens (including phenoxy) is 2.